The zero-order valence-corrected chi connectivity index (χ0v) is 9.01. The van der Waals surface area contributed by atoms with Gasteiger partial charge in [-0.15, -0.1) is 0 Å². The predicted octanol–water partition coefficient (Wildman–Crippen LogP) is 1.84. The third kappa shape index (κ3) is 5.61. The standard InChI is InChI=1S/C9H16F3NO2/c1-6(2)4-13(3)5-7(8(14)15)9(10,11)12/h6-7H,4-5H2,1-3H3,(H,14,15). The number of halogens is 3. The highest BCUT2D eigenvalue weighted by Gasteiger charge is 2.45. The van der Waals surface area contributed by atoms with Crippen molar-refractivity contribution in [2.45, 2.75) is 20.0 Å². The highest BCUT2D eigenvalue weighted by molar-refractivity contribution is 5.71. The number of aliphatic carboxylic acids is 1. The average Bonchev–Trinajstić information content (AvgIpc) is 1.95. The summed E-state index contributed by atoms with van der Waals surface area (Å²) in [6.07, 6.45) is -4.68. The maximum atomic E-state index is 12.3. The molecule has 0 saturated heterocycles. The minimum atomic E-state index is -4.68. The number of alkyl halides is 3. The third-order valence-electron chi connectivity index (χ3n) is 1.86. The summed E-state index contributed by atoms with van der Waals surface area (Å²) in [5, 5.41) is 8.45. The number of carboxylic acid groups (broad SMARTS) is 1. The molecule has 15 heavy (non-hydrogen) atoms. The van der Waals surface area contributed by atoms with Crippen LogP contribution in [-0.4, -0.2) is 42.3 Å². The summed E-state index contributed by atoms with van der Waals surface area (Å²) in [4.78, 5) is 11.8. The maximum absolute atomic E-state index is 12.3. The van der Waals surface area contributed by atoms with Crippen LogP contribution in [0.5, 0.6) is 0 Å². The maximum Gasteiger partial charge on any atom is 0.403 e. The van der Waals surface area contributed by atoms with Crippen LogP contribution < -0.4 is 0 Å². The minimum Gasteiger partial charge on any atom is -0.481 e. The summed E-state index contributed by atoms with van der Waals surface area (Å²) < 4.78 is 36.8. The molecule has 0 heterocycles. The number of carbonyl (C=O) groups is 1. The molecule has 0 saturated carbocycles. The van der Waals surface area contributed by atoms with E-state index in [1.54, 1.807) is 0 Å². The van der Waals surface area contributed by atoms with Gasteiger partial charge in [0.1, 0.15) is 0 Å². The number of hydrogen-bond acceptors (Lipinski definition) is 2. The molecule has 6 heteroatoms. The molecular weight excluding hydrogens is 211 g/mol. The van der Waals surface area contributed by atoms with E-state index < -0.39 is 24.6 Å². The van der Waals surface area contributed by atoms with E-state index in [0.29, 0.717) is 6.54 Å². The van der Waals surface area contributed by atoms with Crippen molar-refractivity contribution < 1.29 is 23.1 Å². The van der Waals surface area contributed by atoms with Crippen molar-refractivity contribution in [3.8, 4) is 0 Å². The van der Waals surface area contributed by atoms with E-state index in [1.165, 1.54) is 11.9 Å². The lowest BCUT2D eigenvalue weighted by molar-refractivity contribution is -0.196. The molecule has 3 nitrogen and oxygen atoms in total. The van der Waals surface area contributed by atoms with Gasteiger partial charge in [-0.25, -0.2) is 0 Å². The third-order valence-corrected chi connectivity index (χ3v) is 1.86. The van der Waals surface area contributed by atoms with Crippen LogP contribution in [0, 0.1) is 11.8 Å². The van der Waals surface area contributed by atoms with Crippen molar-refractivity contribution in [1.82, 2.24) is 4.90 Å². The van der Waals surface area contributed by atoms with Gasteiger partial charge < -0.3 is 10.0 Å². The normalized spacial score (nSPS) is 14.7. The quantitative estimate of drug-likeness (QED) is 0.779. The Labute approximate surface area is 86.9 Å². The molecule has 0 aliphatic carbocycles. The minimum absolute atomic E-state index is 0.206. The molecule has 1 N–H and O–H groups in total. The van der Waals surface area contributed by atoms with E-state index in [1.807, 2.05) is 13.8 Å². The molecule has 0 fully saturated rings. The molecule has 0 aromatic carbocycles. The smallest absolute Gasteiger partial charge is 0.403 e. The topological polar surface area (TPSA) is 40.5 Å². The molecule has 0 amide bonds. The van der Waals surface area contributed by atoms with Gasteiger partial charge in [0, 0.05) is 13.1 Å². The van der Waals surface area contributed by atoms with E-state index in [9.17, 15) is 18.0 Å². The summed E-state index contributed by atoms with van der Waals surface area (Å²) in [6, 6.07) is 0. The lowest BCUT2D eigenvalue weighted by Crippen LogP contribution is -2.40. The van der Waals surface area contributed by atoms with E-state index in [2.05, 4.69) is 0 Å². The number of nitrogens with zero attached hydrogens (tertiary/aromatic N) is 1. The molecule has 0 bridgehead atoms. The molecule has 0 aromatic heterocycles. The molecule has 90 valence electrons. The Kier molecular flexibility index (Phi) is 5.07. The first-order valence-corrected chi connectivity index (χ1v) is 4.62. The second kappa shape index (κ2) is 5.34. The van der Waals surface area contributed by atoms with Gasteiger partial charge in [0.15, 0.2) is 5.92 Å². The SMILES string of the molecule is CC(C)CN(C)CC(C(=O)O)C(F)(F)F. The van der Waals surface area contributed by atoms with Crippen LogP contribution >= 0.6 is 0 Å². The molecule has 0 radical (unpaired) electrons. The number of carboxylic acids is 1. The van der Waals surface area contributed by atoms with Crippen molar-refractivity contribution in [3.63, 3.8) is 0 Å². The number of rotatable bonds is 5. The fourth-order valence-corrected chi connectivity index (χ4v) is 1.33. The number of hydrogen-bond donors (Lipinski definition) is 1. The van der Waals surface area contributed by atoms with Crippen molar-refractivity contribution in [3.05, 3.63) is 0 Å². The van der Waals surface area contributed by atoms with E-state index in [0.717, 1.165) is 0 Å². The monoisotopic (exact) mass is 227 g/mol. The first-order chi connectivity index (χ1) is 6.64. The molecule has 1 unspecified atom stereocenters. The van der Waals surface area contributed by atoms with Crippen molar-refractivity contribution >= 4 is 5.97 Å². The lowest BCUT2D eigenvalue weighted by atomic mass is 10.1. The van der Waals surface area contributed by atoms with Gasteiger partial charge in [0.05, 0.1) is 0 Å². The van der Waals surface area contributed by atoms with Gasteiger partial charge in [-0.3, -0.25) is 4.79 Å². The van der Waals surface area contributed by atoms with E-state index in [-0.39, 0.29) is 5.92 Å². The first-order valence-electron chi connectivity index (χ1n) is 4.62. The average molecular weight is 227 g/mol. The van der Waals surface area contributed by atoms with Crippen LogP contribution in [0.2, 0.25) is 0 Å². The predicted molar refractivity (Wildman–Crippen MR) is 49.5 cm³/mol. The molecule has 0 aromatic rings. The lowest BCUT2D eigenvalue weighted by Gasteiger charge is -2.24. The Morgan fingerprint density at radius 2 is 1.80 bits per heavy atom. The van der Waals surface area contributed by atoms with Gasteiger partial charge in [0.25, 0.3) is 0 Å². The first kappa shape index (κ1) is 14.2. The zero-order chi connectivity index (χ0) is 12.2. The summed E-state index contributed by atoms with van der Waals surface area (Å²) >= 11 is 0. The van der Waals surface area contributed by atoms with Crippen LogP contribution in [0.15, 0.2) is 0 Å². The molecule has 0 aliphatic rings. The Bertz CT molecular complexity index is 216. The molecule has 0 aliphatic heterocycles. The summed E-state index contributed by atoms with van der Waals surface area (Å²) in [5.74, 6) is -3.92. The Morgan fingerprint density at radius 3 is 2.07 bits per heavy atom. The van der Waals surface area contributed by atoms with Crippen molar-refractivity contribution in [2.24, 2.45) is 11.8 Å². The fraction of sp³-hybridized carbons (Fsp3) is 0.889. The van der Waals surface area contributed by atoms with Crippen molar-refractivity contribution in [1.29, 1.82) is 0 Å². The Balaban J connectivity index is 4.37. The van der Waals surface area contributed by atoms with Crippen LogP contribution in [0.4, 0.5) is 13.2 Å². The largest absolute Gasteiger partial charge is 0.481 e. The van der Waals surface area contributed by atoms with Crippen LogP contribution in [0.1, 0.15) is 13.8 Å². The summed E-state index contributed by atoms with van der Waals surface area (Å²) in [7, 11) is 1.49. The van der Waals surface area contributed by atoms with Crippen LogP contribution in [0.25, 0.3) is 0 Å². The highest BCUT2D eigenvalue weighted by Crippen LogP contribution is 2.27. The highest BCUT2D eigenvalue weighted by atomic mass is 19.4. The van der Waals surface area contributed by atoms with Crippen LogP contribution in [-0.2, 0) is 4.79 Å². The molecule has 0 spiro atoms. The molecular formula is C9H16F3NO2. The Morgan fingerprint density at radius 1 is 1.33 bits per heavy atom. The van der Waals surface area contributed by atoms with Crippen LogP contribution in [0.3, 0.4) is 0 Å². The Hall–Kier alpha value is -0.780. The van der Waals surface area contributed by atoms with E-state index in [4.69, 9.17) is 5.11 Å². The summed E-state index contributed by atoms with van der Waals surface area (Å²) in [5.41, 5.74) is 0. The second-order valence-corrected chi connectivity index (χ2v) is 4.05. The summed E-state index contributed by atoms with van der Waals surface area (Å²) in [6.45, 7) is 3.66. The van der Waals surface area contributed by atoms with Crippen molar-refractivity contribution in [2.75, 3.05) is 20.1 Å². The van der Waals surface area contributed by atoms with Gasteiger partial charge in [-0.2, -0.15) is 13.2 Å². The second-order valence-electron chi connectivity index (χ2n) is 4.05. The van der Waals surface area contributed by atoms with Gasteiger partial charge >= 0.3 is 12.1 Å². The fourth-order valence-electron chi connectivity index (χ4n) is 1.33. The van der Waals surface area contributed by atoms with Gasteiger partial charge in [-0.05, 0) is 13.0 Å². The zero-order valence-electron chi connectivity index (χ0n) is 9.01. The molecule has 1 atom stereocenters. The van der Waals surface area contributed by atoms with Gasteiger partial charge in [0.2, 0.25) is 0 Å². The molecule has 0 rings (SSSR count). The van der Waals surface area contributed by atoms with E-state index >= 15 is 0 Å². The van der Waals surface area contributed by atoms with Gasteiger partial charge in [-0.1, -0.05) is 13.8 Å².